The SMILES string of the molecule is Cc1ccc(Cl)cc1N1C(=O)C(=O)/C(=C(/O)c2ccc(OCC(C)C)cc2)C1c1cccnc1. The second-order valence-corrected chi connectivity index (χ2v) is 9.05. The highest BCUT2D eigenvalue weighted by atomic mass is 35.5. The van der Waals surface area contributed by atoms with Crippen LogP contribution in [-0.2, 0) is 9.59 Å². The van der Waals surface area contributed by atoms with E-state index in [1.54, 1.807) is 67.0 Å². The number of ether oxygens (including phenoxy) is 1. The lowest BCUT2D eigenvalue weighted by molar-refractivity contribution is -0.132. The van der Waals surface area contributed by atoms with Crippen molar-refractivity contribution >= 4 is 34.7 Å². The number of aliphatic hydroxyl groups excluding tert-OH is 1. The summed E-state index contributed by atoms with van der Waals surface area (Å²) in [4.78, 5) is 32.0. The molecule has 1 N–H and O–H groups in total. The number of carbonyl (C=O) groups excluding carboxylic acids is 2. The number of hydrogen-bond donors (Lipinski definition) is 1. The maximum absolute atomic E-state index is 13.2. The molecule has 7 heteroatoms. The maximum atomic E-state index is 13.2. The van der Waals surface area contributed by atoms with E-state index in [-0.39, 0.29) is 11.3 Å². The molecule has 2 aromatic carbocycles. The Morgan fingerprint density at radius 2 is 1.88 bits per heavy atom. The van der Waals surface area contributed by atoms with Gasteiger partial charge in [0, 0.05) is 28.7 Å². The van der Waals surface area contributed by atoms with Gasteiger partial charge in [-0.15, -0.1) is 0 Å². The number of anilines is 1. The molecular weight excluding hydrogens is 452 g/mol. The Morgan fingerprint density at radius 1 is 1.15 bits per heavy atom. The first-order valence-corrected chi connectivity index (χ1v) is 11.4. The molecule has 1 fully saturated rings. The van der Waals surface area contributed by atoms with Crippen molar-refractivity contribution in [2.45, 2.75) is 26.8 Å². The smallest absolute Gasteiger partial charge is 0.300 e. The Hall–Kier alpha value is -3.64. The summed E-state index contributed by atoms with van der Waals surface area (Å²) in [6.07, 6.45) is 3.19. The van der Waals surface area contributed by atoms with Gasteiger partial charge in [-0.25, -0.2) is 0 Å². The first-order chi connectivity index (χ1) is 16.3. The Morgan fingerprint density at radius 3 is 2.53 bits per heavy atom. The molecule has 1 amide bonds. The number of aryl methyl sites for hydroxylation is 1. The molecule has 0 aliphatic carbocycles. The molecule has 6 nitrogen and oxygen atoms in total. The van der Waals surface area contributed by atoms with Crippen LogP contribution in [0.25, 0.3) is 5.76 Å². The molecule has 34 heavy (non-hydrogen) atoms. The summed E-state index contributed by atoms with van der Waals surface area (Å²) in [7, 11) is 0. The van der Waals surface area contributed by atoms with Crippen LogP contribution in [0, 0.1) is 12.8 Å². The van der Waals surface area contributed by atoms with Crippen molar-refractivity contribution in [3.05, 3.63) is 94.3 Å². The topological polar surface area (TPSA) is 79.7 Å². The quantitative estimate of drug-likeness (QED) is 0.280. The van der Waals surface area contributed by atoms with Gasteiger partial charge in [0.05, 0.1) is 18.2 Å². The number of aromatic nitrogens is 1. The van der Waals surface area contributed by atoms with Crippen LogP contribution in [0.5, 0.6) is 5.75 Å². The Bertz CT molecular complexity index is 1250. The average Bonchev–Trinajstić information content (AvgIpc) is 3.10. The molecule has 174 valence electrons. The minimum absolute atomic E-state index is 0.00627. The van der Waals surface area contributed by atoms with Crippen LogP contribution < -0.4 is 9.64 Å². The fraction of sp³-hybridized carbons (Fsp3) is 0.222. The minimum Gasteiger partial charge on any atom is -0.507 e. The average molecular weight is 477 g/mol. The number of aliphatic hydroxyl groups is 1. The van der Waals surface area contributed by atoms with Crippen molar-refractivity contribution in [2.75, 3.05) is 11.5 Å². The van der Waals surface area contributed by atoms with Gasteiger partial charge in [-0.1, -0.05) is 37.6 Å². The minimum atomic E-state index is -0.859. The van der Waals surface area contributed by atoms with Gasteiger partial charge in [-0.05, 0) is 66.4 Å². The highest BCUT2D eigenvalue weighted by Crippen LogP contribution is 2.43. The van der Waals surface area contributed by atoms with Crippen molar-refractivity contribution in [3.8, 4) is 5.75 Å². The number of nitrogens with zero attached hydrogens (tertiary/aromatic N) is 2. The standard InChI is InChI=1S/C27H25ClN2O4/c1-16(2)15-34-21-10-7-18(8-11-21)25(31)23-24(19-5-4-12-29-14-19)30(27(33)26(23)32)22-13-20(28)9-6-17(22)3/h4-14,16,24,31H,15H2,1-3H3/b25-23+. The van der Waals surface area contributed by atoms with Crippen LogP contribution in [0.15, 0.2) is 72.6 Å². The fourth-order valence-electron chi connectivity index (χ4n) is 3.90. The third-order valence-electron chi connectivity index (χ3n) is 5.59. The summed E-state index contributed by atoms with van der Waals surface area (Å²) in [6.45, 7) is 6.51. The molecule has 1 aliphatic rings. The molecule has 0 spiro atoms. The summed E-state index contributed by atoms with van der Waals surface area (Å²) < 4.78 is 5.71. The van der Waals surface area contributed by atoms with Crippen LogP contribution in [0.2, 0.25) is 5.02 Å². The van der Waals surface area contributed by atoms with E-state index in [0.717, 1.165) is 5.56 Å². The van der Waals surface area contributed by atoms with E-state index in [9.17, 15) is 14.7 Å². The Kier molecular flexibility index (Phi) is 6.70. The number of carbonyl (C=O) groups is 2. The van der Waals surface area contributed by atoms with Gasteiger partial charge in [-0.3, -0.25) is 19.5 Å². The van der Waals surface area contributed by atoms with E-state index in [1.807, 2.05) is 6.92 Å². The van der Waals surface area contributed by atoms with E-state index in [1.165, 1.54) is 4.90 Å². The lowest BCUT2D eigenvalue weighted by Crippen LogP contribution is -2.30. The molecule has 1 saturated heterocycles. The molecule has 2 heterocycles. The van der Waals surface area contributed by atoms with E-state index >= 15 is 0 Å². The lowest BCUT2D eigenvalue weighted by Gasteiger charge is -2.26. The van der Waals surface area contributed by atoms with E-state index in [4.69, 9.17) is 16.3 Å². The molecule has 0 radical (unpaired) electrons. The van der Waals surface area contributed by atoms with Gasteiger partial charge in [-0.2, -0.15) is 0 Å². The fourth-order valence-corrected chi connectivity index (χ4v) is 4.07. The maximum Gasteiger partial charge on any atom is 0.300 e. The predicted octanol–water partition coefficient (Wildman–Crippen LogP) is 5.70. The summed E-state index contributed by atoms with van der Waals surface area (Å²) in [5.74, 6) is -0.740. The summed E-state index contributed by atoms with van der Waals surface area (Å²) >= 11 is 6.22. The number of benzene rings is 2. The zero-order chi connectivity index (χ0) is 24.4. The van der Waals surface area contributed by atoms with Crippen LogP contribution in [0.1, 0.15) is 36.6 Å². The van der Waals surface area contributed by atoms with Crippen LogP contribution in [0.4, 0.5) is 5.69 Å². The first-order valence-electron chi connectivity index (χ1n) is 11.0. The normalized spacial score (nSPS) is 17.4. The van der Waals surface area contributed by atoms with E-state index < -0.39 is 17.7 Å². The summed E-state index contributed by atoms with van der Waals surface area (Å²) in [5.41, 5.74) is 2.27. The second-order valence-electron chi connectivity index (χ2n) is 8.62. The molecular formula is C27H25ClN2O4. The third-order valence-corrected chi connectivity index (χ3v) is 5.82. The molecule has 1 atom stereocenters. The lowest BCUT2D eigenvalue weighted by atomic mass is 9.96. The summed E-state index contributed by atoms with van der Waals surface area (Å²) in [5, 5.41) is 11.7. The Balaban J connectivity index is 1.83. The molecule has 1 aromatic heterocycles. The largest absolute Gasteiger partial charge is 0.507 e. The van der Waals surface area contributed by atoms with E-state index in [2.05, 4.69) is 18.8 Å². The highest BCUT2D eigenvalue weighted by Gasteiger charge is 2.47. The number of halogens is 1. The van der Waals surface area contributed by atoms with Gasteiger partial charge >= 0.3 is 0 Å². The van der Waals surface area contributed by atoms with Crippen molar-refractivity contribution in [1.82, 2.24) is 4.98 Å². The van der Waals surface area contributed by atoms with Crippen molar-refractivity contribution in [1.29, 1.82) is 0 Å². The number of ketones is 1. The van der Waals surface area contributed by atoms with Gasteiger partial charge in [0.25, 0.3) is 11.7 Å². The number of amides is 1. The third kappa shape index (κ3) is 4.54. The molecule has 3 aromatic rings. The van der Waals surface area contributed by atoms with Crippen molar-refractivity contribution in [2.24, 2.45) is 5.92 Å². The summed E-state index contributed by atoms with van der Waals surface area (Å²) in [6, 6.07) is 14.6. The number of hydrogen-bond acceptors (Lipinski definition) is 5. The number of pyridine rings is 1. The Labute approximate surface area is 203 Å². The van der Waals surface area contributed by atoms with Gasteiger partial charge in [0.1, 0.15) is 11.5 Å². The zero-order valence-corrected chi connectivity index (χ0v) is 19.9. The van der Waals surface area contributed by atoms with Crippen molar-refractivity contribution in [3.63, 3.8) is 0 Å². The molecule has 1 unspecified atom stereocenters. The van der Waals surface area contributed by atoms with Gasteiger partial charge in [0.2, 0.25) is 0 Å². The van der Waals surface area contributed by atoms with Gasteiger partial charge < -0.3 is 9.84 Å². The van der Waals surface area contributed by atoms with Gasteiger partial charge in [0.15, 0.2) is 0 Å². The molecule has 1 aliphatic heterocycles. The molecule has 4 rings (SSSR count). The second kappa shape index (κ2) is 9.69. The number of Topliss-reactive ketones (excluding diaryl/α,β-unsaturated/α-hetero) is 1. The first kappa shape index (κ1) is 23.5. The molecule has 0 bridgehead atoms. The van der Waals surface area contributed by atoms with Crippen LogP contribution >= 0.6 is 11.6 Å². The van der Waals surface area contributed by atoms with Crippen LogP contribution in [0.3, 0.4) is 0 Å². The number of rotatable bonds is 6. The monoisotopic (exact) mass is 476 g/mol. The highest BCUT2D eigenvalue weighted by molar-refractivity contribution is 6.52. The molecule has 0 saturated carbocycles. The predicted molar refractivity (Wildman–Crippen MR) is 132 cm³/mol. The van der Waals surface area contributed by atoms with Crippen LogP contribution in [-0.4, -0.2) is 28.4 Å². The van der Waals surface area contributed by atoms with E-state index in [0.29, 0.717) is 40.1 Å². The van der Waals surface area contributed by atoms with Crippen molar-refractivity contribution < 1.29 is 19.4 Å². The zero-order valence-electron chi connectivity index (χ0n) is 19.2.